The van der Waals surface area contributed by atoms with Crippen LogP contribution in [-0.4, -0.2) is 37.8 Å². The molecule has 1 amide bonds. The number of amidine groups is 1. The summed E-state index contributed by atoms with van der Waals surface area (Å²) in [5.74, 6) is 0.00389. The second-order valence-corrected chi connectivity index (χ2v) is 7.08. The van der Waals surface area contributed by atoms with Crippen molar-refractivity contribution in [1.29, 1.82) is 0 Å². The second-order valence-electron chi connectivity index (χ2n) is 4.91. The monoisotopic (exact) mass is 358 g/mol. The topological polar surface area (TPSA) is 78.7 Å². The van der Waals surface area contributed by atoms with E-state index >= 15 is 0 Å². The first-order valence-corrected chi connectivity index (χ1v) is 8.70. The van der Waals surface area contributed by atoms with E-state index in [0.717, 1.165) is 10.6 Å². The van der Waals surface area contributed by atoms with Crippen molar-refractivity contribution in [2.24, 2.45) is 4.99 Å². The van der Waals surface area contributed by atoms with E-state index in [2.05, 4.69) is 21.8 Å². The molecule has 2 heterocycles. The lowest BCUT2D eigenvalue weighted by atomic mass is 10.2. The van der Waals surface area contributed by atoms with Crippen LogP contribution in [0.5, 0.6) is 5.75 Å². The molecule has 0 saturated carbocycles. The molecule has 1 saturated heterocycles. The fraction of sp³-hybridized carbons (Fsp3) is 0.125. The summed E-state index contributed by atoms with van der Waals surface area (Å²) in [5, 5.41) is 19.3. The van der Waals surface area contributed by atoms with Gasteiger partial charge in [0.15, 0.2) is 5.17 Å². The Morgan fingerprint density at radius 1 is 1.42 bits per heavy atom. The third kappa shape index (κ3) is 3.55. The summed E-state index contributed by atoms with van der Waals surface area (Å²) in [6, 6.07) is 6.73. The molecule has 0 unspecified atom stereocenters. The minimum absolute atomic E-state index is 0.150. The van der Waals surface area contributed by atoms with E-state index < -0.39 is 0 Å². The Labute approximate surface area is 147 Å². The molecule has 0 spiro atoms. The minimum atomic E-state index is -0.150. The quantitative estimate of drug-likeness (QED) is 0.670. The molecule has 0 aliphatic carbocycles. The smallest absolute Gasteiger partial charge is 0.267 e. The number of rotatable bonds is 4. The van der Waals surface area contributed by atoms with Crippen molar-refractivity contribution in [2.45, 2.75) is 6.92 Å². The fourth-order valence-corrected chi connectivity index (χ4v) is 3.67. The van der Waals surface area contributed by atoms with E-state index in [9.17, 15) is 9.90 Å². The minimum Gasteiger partial charge on any atom is -0.508 e. The molecule has 1 N–H and O–H groups in total. The summed E-state index contributed by atoms with van der Waals surface area (Å²) in [5.41, 5.74) is 0.748. The molecule has 6 nitrogen and oxygen atoms in total. The zero-order valence-corrected chi connectivity index (χ0v) is 14.5. The maximum absolute atomic E-state index is 12.6. The van der Waals surface area contributed by atoms with Crippen LogP contribution in [0.4, 0.5) is 5.13 Å². The predicted octanol–water partition coefficient (Wildman–Crippen LogP) is 3.34. The number of phenols is 1. The Bertz CT molecular complexity index is 857. The molecule has 1 aromatic heterocycles. The summed E-state index contributed by atoms with van der Waals surface area (Å²) < 4.78 is 0. The number of carbonyl (C=O) groups excluding carboxylic acids is 1. The number of nitrogens with zero attached hydrogens (tertiary/aromatic N) is 4. The van der Waals surface area contributed by atoms with Gasteiger partial charge in [-0.3, -0.25) is 9.69 Å². The molecule has 8 heteroatoms. The lowest BCUT2D eigenvalue weighted by Crippen LogP contribution is -2.29. The summed E-state index contributed by atoms with van der Waals surface area (Å²) in [7, 11) is 0. The molecule has 1 fully saturated rings. The molecule has 2 aromatic rings. The van der Waals surface area contributed by atoms with E-state index in [1.165, 1.54) is 23.1 Å². The van der Waals surface area contributed by atoms with Gasteiger partial charge in [0.1, 0.15) is 10.8 Å². The van der Waals surface area contributed by atoms with Gasteiger partial charge in [-0.05, 0) is 42.5 Å². The van der Waals surface area contributed by atoms with Gasteiger partial charge in [-0.25, -0.2) is 0 Å². The average Bonchev–Trinajstić information content (AvgIpc) is 3.07. The Kier molecular flexibility index (Phi) is 4.77. The lowest BCUT2D eigenvalue weighted by molar-refractivity contribution is -0.121. The molecule has 122 valence electrons. The summed E-state index contributed by atoms with van der Waals surface area (Å²) in [6.07, 6.45) is 3.38. The lowest BCUT2D eigenvalue weighted by Gasteiger charge is -2.11. The van der Waals surface area contributed by atoms with Crippen LogP contribution in [0.15, 0.2) is 46.8 Å². The van der Waals surface area contributed by atoms with Gasteiger partial charge in [0.2, 0.25) is 5.13 Å². The number of carbonyl (C=O) groups is 1. The summed E-state index contributed by atoms with van der Waals surface area (Å²) in [6.45, 7) is 5.90. The maximum atomic E-state index is 12.6. The van der Waals surface area contributed by atoms with Gasteiger partial charge in [0, 0.05) is 6.54 Å². The Balaban J connectivity index is 1.95. The normalized spacial score (nSPS) is 17.9. The van der Waals surface area contributed by atoms with Gasteiger partial charge in [-0.2, -0.15) is 4.99 Å². The van der Waals surface area contributed by atoms with Crippen molar-refractivity contribution in [3.8, 4) is 5.75 Å². The van der Waals surface area contributed by atoms with Crippen LogP contribution >= 0.6 is 23.1 Å². The van der Waals surface area contributed by atoms with Crippen LogP contribution in [0.25, 0.3) is 6.08 Å². The highest BCUT2D eigenvalue weighted by Crippen LogP contribution is 2.34. The van der Waals surface area contributed by atoms with Crippen LogP contribution < -0.4 is 0 Å². The number of aryl methyl sites for hydroxylation is 1. The van der Waals surface area contributed by atoms with Gasteiger partial charge >= 0.3 is 0 Å². The summed E-state index contributed by atoms with van der Waals surface area (Å²) in [4.78, 5) is 19.1. The van der Waals surface area contributed by atoms with Crippen molar-refractivity contribution in [1.82, 2.24) is 15.1 Å². The maximum Gasteiger partial charge on any atom is 0.267 e. The highest BCUT2D eigenvalue weighted by molar-refractivity contribution is 8.18. The highest BCUT2D eigenvalue weighted by Gasteiger charge is 2.32. The van der Waals surface area contributed by atoms with E-state index in [-0.39, 0.29) is 11.7 Å². The van der Waals surface area contributed by atoms with Crippen LogP contribution in [0.2, 0.25) is 0 Å². The number of aromatic hydroxyl groups is 1. The van der Waals surface area contributed by atoms with Crippen molar-refractivity contribution in [3.63, 3.8) is 0 Å². The number of amides is 1. The Morgan fingerprint density at radius 2 is 2.25 bits per heavy atom. The van der Waals surface area contributed by atoms with Crippen molar-refractivity contribution in [3.05, 3.63) is 52.4 Å². The zero-order chi connectivity index (χ0) is 17.1. The number of hydrogen-bond acceptors (Lipinski definition) is 7. The molecular formula is C16H14N4O2S2. The molecule has 3 rings (SSSR count). The molecule has 1 aliphatic rings. The number of thioether (sulfide) groups is 1. The third-order valence-electron chi connectivity index (χ3n) is 3.07. The van der Waals surface area contributed by atoms with Crippen LogP contribution in [0, 0.1) is 6.92 Å². The zero-order valence-electron chi connectivity index (χ0n) is 12.8. The van der Waals surface area contributed by atoms with Gasteiger partial charge in [0.25, 0.3) is 5.91 Å². The molecule has 0 atom stereocenters. The van der Waals surface area contributed by atoms with E-state index in [0.29, 0.717) is 21.7 Å². The second kappa shape index (κ2) is 6.98. The fourth-order valence-electron chi connectivity index (χ4n) is 2.06. The average molecular weight is 358 g/mol. The molecule has 0 radical (unpaired) electrons. The molecular weight excluding hydrogens is 344 g/mol. The van der Waals surface area contributed by atoms with Crippen LogP contribution in [0.1, 0.15) is 10.6 Å². The standard InChI is InChI=1S/C16H14N4O2S2/c1-3-7-20-14(22)13(9-11-5-4-6-12(21)8-11)24-16(20)17-15-19-18-10(2)23-15/h3-6,8-9,21H,1,7H2,2H3/b13-9+,17-16?. The Hall–Kier alpha value is -2.45. The van der Waals surface area contributed by atoms with E-state index in [4.69, 9.17) is 0 Å². The molecule has 1 aliphatic heterocycles. The first kappa shape index (κ1) is 16.4. The Morgan fingerprint density at radius 3 is 2.92 bits per heavy atom. The summed E-state index contributed by atoms with van der Waals surface area (Å²) >= 11 is 2.63. The third-order valence-corrected chi connectivity index (χ3v) is 4.81. The largest absolute Gasteiger partial charge is 0.508 e. The van der Waals surface area contributed by atoms with Gasteiger partial charge in [0.05, 0.1) is 4.91 Å². The number of phenolic OH excluding ortho intramolecular Hbond substituents is 1. The van der Waals surface area contributed by atoms with Crippen molar-refractivity contribution < 1.29 is 9.90 Å². The molecule has 24 heavy (non-hydrogen) atoms. The molecule has 1 aromatic carbocycles. The van der Waals surface area contributed by atoms with Crippen LogP contribution in [-0.2, 0) is 4.79 Å². The van der Waals surface area contributed by atoms with E-state index in [1.54, 1.807) is 35.3 Å². The molecule has 0 bridgehead atoms. The van der Waals surface area contributed by atoms with Gasteiger partial charge in [-0.1, -0.05) is 29.5 Å². The first-order valence-electron chi connectivity index (χ1n) is 7.07. The predicted molar refractivity (Wildman–Crippen MR) is 97.3 cm³/mol. The number of hydrogen-bond donors (Lipinski definition) is 1. The van der Waals surface area contributed by atoms with Crippen LogP contribution in [0.3, 0.4) is 0 Å². The highest BCUT2D eigenvalue weighted by atomic mass is 32.2. The van der Waals surface area contributed by atoms with Crippen molar-refractivity contribution in [2.75, 3.05) is 6.54 Å². The first-order chi connectivity index (χ1) is 11.6. The SMILES string of the molecule is C=CCN1C(=O)/C(=C\c2cccc(O)c2)SC1=Nc1nnc(C)s1. The van der Waals surface area contributed by atoms with Gasteiger partial charge in [-0.15, -0.1) is 16.8 Å². The number of benzene rings is 1. The number of aliphatic imine (C=N–C) groups is 1. The van der Waals surface area contributed by atoms with Gasteiger partial charge < -0.3 is 5.11 Å². The van der Waals surface area contributed by atoms with Crippen molar-refractivity contribution >= 4 is 45.4 Å². The van der Waals surface area contributed by atoms with E-state index in [1.807, 2.05) is 13.0 Å². The number of aromatic nitrogens is 2.